The van der Waals surface area contributed by atoms with E-state index in [2.05, 4.69) is 10.4 Å². The number of carboxylic acids is 1. The smallest absolute Gasteiger partial charge is 0.354 e. The summed E-state index contributed by atoms with van der Waals surface area (Å²) < 4.78 is 1.37. The summed E-state index contributed by atoms with van der Waals surface area (Å²) in [5.41, 5.74) is 2.56. The van der Waals surface area contributed by atoms with Crippen molar-refractivity contribution in [1.29, 1.82) is 0 Å². The average Bonchev–Trinajstić information content (AvgIpc) is 2.88. The van der Waals surface area contributed by atoms with Crippen LogP contribution in [0.3, 0.4) is 0 Å². The molecule has 1 aliphatic heterocycles. The molecule has 1 aromatic heterocycles. The summed E-state index contributed by atoms with van der Waals surface area (Å²) in [6.45, 7) is 1.25. The molecule has 0 aliphatic carbocycles. The van der Waals surface area contributed by atoms with Crippen molar-refractivity contribution < 1.29 is 14.7 Å². The lowest BCUT2D eigenvalue weighted by Crippen LogP contribution is -2.42. The van der Waals surface area contributed by atoms with E-state index >= 15 is 0 Å². The zero-order valence-electron chi connectivity index (χ0n) is 12.8. The van der Waals surface area contributed by atoms with E-state index in [9.17, 15) is 14.7 Å². The third-order valence-corrected chi connectivity index (χ3v) is 3.97. The van der Waals surface area contributed by atoms with Crippen molar-refractivity contribution in [3.05, 3.63) is 52.8 Å². The van der Waals surface area contributed by atoms with Crippen molar-refractivity contribution in [2.24, 2.45) is 7.05 Å². The van der Waals surface area contributed by atoms with Gasteiger partial charge in [0.2, 0.25) is 0 Å². The molecule has 7 nitrogen and oxygen atoms in total. The second kappa shape index (κ2) is 6.12. The standard InChI is InChI=1S/C16H18N4O3/c1-19-14(15(21)22)12-10-20(8-7-13(12)18-19)16(23)17-9-11-5-3-2-4-6-11/h2-6H,7-10H2,1H3,(H,17,23)(H,21,22). The van der Waals surface area contributed by atoms with E-state index in [0.717, 1.165) is 11.3 Å². The molecule has 2 amide bonds. The fourth-order valence-corrected chi connectivity index (χ4v) is 2.83. The minimum atomic E-state index is -1.02. The van der Waals surface area contributed by atoms with Crippen molar-refractivity contribution >= 4 is 12.0 Å². The number of carbonyl (C=O) groups is 2. The van der Waals surface area contributed by atoms with Gasteiger partial charge < -0.3 is 15.3 Å². The maximum Gasteiger partial charge on any atom is 0.354 e. The van der Waals surface area contributed by atoms with Gasteiger partial charge in [0.05, 0.1) is 12.2 Å². The molecule has 0 atom stereocenters. The number of nitrogens with zero attached hydrogens (tertiary/aromatic N) is 3. The van der Waals surface area contributed by atoms with Gasteiger partial charge in [-0.25, -0.2) is 9.59 Å². The molecule has 0 radical (unpaired) electrons. The zero-order chi connectivity index (χ0) is 16.4. The Morgan fingerprint density at radius 1 is 1.30 bits per heavy atom. The first kappa shape index (κ1) is 15.1. The third-order valence-electron chi connectivity index (χ3n) is 3.97. The van der Waals surface area contributed by atoms with Crippen LogP contribution in [0.1, 0.15) is 27.3 Å². The van der Waals surface area contributed by atoms with E-state index < -0.39 is 5.97 Å². The first-order valence-electron chi connectivity index (χ1n) is 7.41. The number of hydrogen-bond donors (Lipinski definition) is 2. The van der Waals surface area contributed by atoms with Gasteiger partial charge in [0.15, 0.2) is 5.69 Å². The number of aryl methyl sites for hydroxylation is 1. The summed E-state index contributed by atoms with van der Waals surface area (Å²) in [4.78, 5) is 25.3. The molecule has 0 fully saturated rings. The van der Waals surface area contributed by atoms with Crippen molar-refractivity contribution in [2.45, 2.75) is 19.5 Å². The zero-order valence-corrected chi connectivity index (χ0v) is 12.8. The van der Waals surface area contributed by atoms with Crippen LogP contribution < -0.4 is 5.32 Å². The second-order valence-electron chi connectivity index (χ2n) is 5.52. The predicted molar refractivity (Wildman–Crippen MR) is 83.0 cm³/mol. The number of rotatable bonds is 3. The fourth-order valence-electron chi connectivity index (χ4n) is 2.83. The maximum absolute atomic E-state index is 12.3. The van der Waals surface area contributed by atoms with Crippen LogP contribution >= 0.6 is 0 Å². The number of urea groups is 1. The number of nitrogens with one attached hydrogen (secondary N) is 1. The average molecular weight is 314 g/mol. The summed E-state index contributed by atoms with van der Waals surface area (Å²) in [5, 5.41) is 16.4. The minimum absolute atomic E-state index is 0.153. The molecule has 2 heterocycles. The highest BCUT2D eigenvalue weighted by molar-refractivity contribution is 5.88. The molecule has 23 heavy (non-hydrogen) atoms. The topological polar surface area (TPSA) is 87.5 Å². The molecule has 7 heteroatoms. The van der Waals surface area contributed by atoms with Gasteiger partial charge in [0.25, 0.3) is 0 Å². The number of hydrogen-bond acceptors (Lipinski definition) is 3. The van der Waals surface area contributed by atoms with Crippen LogP contribution in [0.5, 0.6) is 0 Å². The molecule has 0 bridgehead atoms. The summed E-state index contributed by atoms with van der Waals surface area (Å²) in [7, 11) is 1.61. The Morgan fingerprint density at radius 3 is 2.74 bits per heavy atom. The first-order valence-corrected chi connectivity index (χ1v) is 7.41. The Labute approximate surface area is 133 Å². The number of carboxylic acid groups (broad SMARTS) is 1. The van der Waals surface area contributed by atoms with Gasteiger partial charge >= 0.3 is 12.0 Å². The summed E-state index contributed by atoms with van der Waals surface area (Å²) in [6.07, 6.45) is 0.565. The Morgan fingerprint density at radius 2 is 2.04 bits per heavy atom. The highest BCUT2D eigenvalue weighted by Crippen LogP contribution is 2.22. The predicted octanol–water partition coefficient (Wildman–Crippen LogP) is 1.39. The number of amides is 2. The van der Waals surface area contributed by atoms with E-state index in [1.165, 1.54) is 4.68 Å². The van der Waals surface area contributed by atoms with Crippen molar-refractivity contribution in [3.63, 3.8) is 0 Å². The molecule has 120 valence electrons. The normalized spacial score (nSPS) is 13.5. The SMILES string of the molecule is Cn1nc2c(c1C(=O)O)CN(C(=O)NCc1ccccc1)CC2. The lowest BCUT2D eigenvalue weighted by Gasteiger charge is -2.26. The molecule has 0 unspecified atom stereocenters. The van der Waals surface area contributed by atoms with Crippen molar-refractivity contribution in [2.75, 3.05) is 6.54 Å². The van der Waals surface area contributed by atoms with Gasteiger partial charge in [-0.2, -0.15) is 5.10 Å². The van der Waals surface area contributed by atoms with Crippen molar-refractivity contribution in [3.8, 4) is 0 Å². The molecular formula is C16H18N4O3. The first-order chi connectivity index (χ1) is 11.1. The van der Waals surface area contributed by atoms with Gasteiger partial charge in [-0.1, -0.05) is 30.3 Å². The highest BCUT2D eigenvalue weighted by Gasteiger charge is 2.29. The van der Waals surface area contributed by atoms with Crippen LogP contribution in [-0.2, 0) is 26.6 Å². The Balaban J connectivity index is 1.69. The summed E-state index contributed by atoms with van der Waals surface area (Å²) in [5.74, 6) is -1.02. The molecule has 0 spiro atoms. The summed E-state index contributed by atoms with van der Waals surface area (Å²) in [6, 6.07) is 9.45. The van der Waals surface area contributed by atoms with E-state index in [0.29, 0.717) is 25.1 Å². The Hall–Kier alpha value is -2.83. The Kier molecular flexibility index (Phi) is 4.01. The van der Waals surface area contributed by atoms with Crippen LogP contribution in [0, 0.1) is 0 Å². The van der Waals surface area contributed by atoms with Crippen molar-refractivity contribution in [1.82, 2.24) is 20.0 Å². The van der Waals surface area contributed by atoms with Gasteiger partial charge in [-0.15, -0.1) is 0 Å². The van der Waals surface area contributed by atoms with Crippen LogP contribution in [0.15, 0.2) is 30.3 Å². The van der Waals surface area contributed by atoms with Gasteiger partial charge in [-0.05, 0) is 5.56 Å². The van der Waals surface area contributed by atoms with E-state index in [1.54, 1.807) is 11.9 Å². The van der Waals surface area contributed by atoms with Gasteiger partial charge in [-0.3, -0.25) is 4.68 Å². The number of benzene rings is 1. The number of carbonyl (C=O) groups excluding carboxylic acids is 1. The molecule has 2 aromatic rings. The number of fused-ring (bicyclic) bond motifs is 1. The van der Waals surface area contributed by atoms with Crippen LogP contribution in [-0.4, -0.2) is 38.3 Å². The highest BCUT2D eigenvalue weighted by atomic mass is 16.4. The molecule has 1 aromatic carbocycles. The van der Waals surface area contributed by atoms with E-state index in [1.807, 2.05) is 30.3 Å². The molecular weight excluding hydrogens is 296 g/mol. The molecule has 2 N–H and O–H groups in total. The van der Waals surface area contributed by atoms with Crippen LogP contribution in [0.4, 0.5) is 4.79 Å². The third kappa shape index (κ3) is 3.03. The van der Waals surface area contributed by atoms with Gasteiger partial charge in [0.1, 0.15) is 0 Å². The summed E-state index contributed by atoms with van der Waals surface area (Å²) >= 11 is 0. The molecule has 1 aliphatic rings. The van der Waals surface area contributed by atoms with E-state index in [4.69, 9.17) is 0 Å². The van der Waals surface area contributed by atoms with E-state index in [-0.39, 0.29) is 18.3 Å². The monoisotopic (exact) mass is 314 g/mol. The van der Waals surface area contributed by atoms with Gasteiger partial charge in [0, 0.05) is 32.1 Å². The number of aromatic carboxylic acids is 1. The lowest BCUT2D eigenvalue weighted by atomic mass is 10.1. The largest absolute Gasteiger partial charge is 0.477 e. The molecule has 3 rings (SSSR count). The quantitative estimate of drug-likeness (QED) is 0.896. The number of aromatic nitrogens is 2. The molecule has 0 saturated carbocycles. The van der Waals surface area contributed by atoms with Crippen LogP contribution in [0.25, 0.3) is 0 Å². The van der Waals surface area contributed by atoms with Crippen LogP contribution in [0.2, 0.25) is 0 Å². The second-order valence-corrected chi connectivity index (χ2v) is 5.52. The lowest BCUT2D eigenvalue weighted by molar-refractivity contribution is 0.0682. The molecule has 0 saturated heterocycles. The Bertz CT molecular complexity index is 739. The maximum atomic E-state index is 12.3. The minimum Gasteiger partial charge on any atom is -0.477 e. The fraction of sp³-hybridized carbons (Fsp3) is 0.312.